The number of amides is 1. The van der Waals surface area contributed by atoms with Gasteiger partial charge in [0.05, 0.1) is 31.0 Å². The number of alkyl halides is 7. The van der Waals surface area contributed by atoms with E-state index in [9.17, 15) is 45.0 Å². The minimum absolute atomic E-state index is 0.0589. The van der Waals surface area contributed by atoms with Crippen molar-refractivity contribution in [1.29, 1.82) is 5.41 Å². The number of aliphatic hydroxyl groups is 1. The van der Waals surface area contributed by atoms with Crippen LogP contribution in [0.3, 0.4) is 0 Å². The summed E-state index contributed by atoms with van der Waals surface area (Å²) < 4.78 is 106. The van der Waals surface area contributed by atoms with E-state index in [1.807, 2.05) is 5.32 Å². The van der Waals surface area contributed by atoms with Gasteiger partial charge in [-0.05, 0) is 31.2 Å². The summed E-state index contributed by atoms with van der Waals surface area (Å²) in [7, 11) is 1.25. The van der Waals surface area contributed by atoms with Gasteiger partial charge in [-0.1, -0.05) is 11.8 Å². The number of carbonyl (C=O) groups is 1. The zero-order chi connectivity index (χ0) is 29.1. The van der Waals surface area contributed by atoms with E-state index in [1.54, 1.807) is 0 Å². The van der Waals surface area contributed by atoms with Gasteiger partial charge in [-0.2, -0.15) is 30.7 Å². The van der Waals surface area contributed by atoms with E-state index >= 15 is 0 Å². The highest BCUT2D eigenvalue weighted by atomic mass is 32.2. The van der Waals surface area contributed by atoms with Crippen molar-refractivity contribution in [3.63, 3.8) is 0 Å². The maximum absolute atomic E-state index is 14.4. The van der Waals surface area contributed by atoms with Crippen LogP contribution in [0.25, 0.3) is 0 Å². The van der Waals surface area contributed by atoms with E-state index in [4.69, 9.17) is 16.1 Å². The van der Waals surface area contributed by atoms with Crippen molar-refractivity contribution in [2.45, 2.75) is 35.9 Å². The lowest BCUT2D eigenvalue weighted by molar-refractivity contribution is -0.359. The normalized spacial score (nSPS) is 13.2. The molecule has 0 saturated heterocycles. The number of amidine groups is 1. The largest absolute Gasteiger partial charge is 0.460 e. The zero-order valence-corrected chi connectivity index (χ0v) is 20.2. The maximum Gasteiger partial charge on any atom is 0.460 e. The van der Waals surface area contributed by atoms with Crippen LogP contribution in [-0.2, 0) is 10.8 Å². The molecule has 210 valence electrons. The Morgan fingerprint density at radius 1 is 1.24 bits per heavy atom. The van der Waals surface area contributed by atoms with Crippen molar-refractivity contribution >= 4 is 34.3 Å². The van der Waals surface area contributed by atoms with Gasteiger partial charge >= 0.3 is 18.0 Å². The molecule has 1 atom stereocenters. The Balaban J connectivity index is 2.38. The number of nitrogens with one attached hydrogen (secondary N) is 3. The van der Waals surface area contributed by atoms with Crippen LogP contribution < -0.4 is 16.6 Å². The Morgan fingerprint density at radius 3 is 2.39 bits per heavy atom. The second-order valence-corrected chi connectivity index (χ2v) is 8.61. The summed E-state index contributed by atoms with van der Waals surface area (Å²) in [6.07, 6.45) is -7.68. The molecule has 18 heteroatoms. The number of carbonyl (C=O) groups excluding carboxylic acids is 1. The molecular formula is C20H20F8N6O3S. The Morgan fingerprint density at radius 2 is 1.87 bits per heavy atom. The third kappa shape index (κ3) is 6.80. The predicted octanol–water partition coefficient (Wildman–Crippen LogP) is 4.32. The summed E-state index contributed by atoms with van der Waals surface area (Å²) in [5.74, 6) is -10.8. The summed E-state index contributed by atoms with van der Waals surface area (Å²) in [5, 5.41) is 19.9. The van der Waals surface area contributed by atoms with Gasteiger partial charge in [0.25, 0.3) is 5.91 Å². The van der Waals surface area contributed by atoms with Gasteiger partial charge < -0.3 is 10.4 Å². The average Bonchev–Trinajstić information content (AvgIpc) is 2.80. The molecule has 1 heterocycles. The van der Waals surface area contributed by atoms with Gasteiger partial charge in [0.1, 0.15) is 0 Å². The fraction of sp³-hybridized carbons (Fsp3) is 0.350. The van der Waals surface area contributed by atoms with Crippen LogP contribution in [-0.4, -0.2) is 58.0 Å². The molecule has 0 aliphatic heterocycles. The molecule has 6 N–H and O–H groups in total. The maximum atomic E-state index is 14.4. The average molecular weight is 576 g/mol. The van der Waals surface area contributed by atoms with Crippen LogP contribution in [0, 0.1) is 11.2 Å². The molecule has 1 amide bonds. The number of thioether (sulfide) groups is 1. The SMILES string of the molecule is CONc1ccc(SC(=N)N(N)CC(C)O)c(C(=O)Nc2ncc(C(F)(F)C(F)(F)C(F)(F)F)cc2F)c1. The number of rotatable bonds is 9. The van der Waals surface area contributed by atoms with Gasteiger partial charge in [-0.25, -0.2) is 15.2 Å². The first kappa shape index (κ1) is 31.0. The highest BCUT2D eigenvalue weighted by Gasteiger charge is 2.73. The van der Waals surface area contributed by atoms with E-state index in [0.29, 0.717) is 11.8 Å². The number of aromatic nitrogens is 1. The first-order valence-electron chi connectivity index (χ1n) is 10.1. The van der Waals surface area contributed by atoms with Crippen LogP contribution in [0.1, 0.15) is 22.8 Å². The molecular weight excluding hydrogens is 556 g/mol. The minimum atomic E-state index is -6.64. The van der Waals surface area contributed by atoms with E-state index in [0.717, 1.165) is 5.01 Å². The number of nitrogens with two attached hydrogens (primary N) is 1. The van der Waals surface area contributed by atoms with E-state index in [2.05, 4.69) is 10.5 Å². The lowest BCUT2D eigenvalue weighted by atomic mass is 10.0. The van der Waals surface area contributed by atoms with Crippen molar-refractivity contribution in [2.24, 2.45) is 5.84 Å². The standard InChI is InChI=1S/C20H20F8N6O3S/c1-9(35)8-34(30)17(29)38-14-4-3-11(33-37-2)6-12(14)16(36)32-15-13(21)5-10(7-31-15)18(22,23)19(24,25)20(26,27)28/h3-7,9,29,33,35H,8,30H2,1-2H3,(H,31,32,36). The Kier molecular flexibility index (Phi) is 9.52. The number of hydrogen-bond acceptors (Lipinski definition) is 8. The van der Waals surface area contributed by atoms with Gasteiger partial charge in [0.15, 0.2) is 16.8 Å². The number of nitrogens with zero attached hydrogens (tertiary/aromatic N) is 2. The fourth-order valence-corrected chi connectivity index (χ4v) is 3.54. The zero-order valence-electron chi connectivity index (χ0n) is 19.3. The van der Waals surface area contributed by atoms with Gasteiger partial charge in [-0.3, -0.25) is 25.5 Å². The number of hydrogen-bond donors (Lipinski definition) is 5. The Labute approximate surface area is 213 Å². The monoisotopic (exact) mass is 576 g/mol. The third-order valence-electron chi connectivity index (χ3n) is 4.56. The molecule has 0 saturated carbocycles. The second-order valence-electron chi connectivity index (χ2n) is 7.58. The first-order chi connectivity index (χ1) is 17.4. The van der Waals surface area contributed by atoms with E-state index < -0.39 is 47.2 Å². The van der Waals surface area contributed by atoms with E-state index in [1.165, 1.54) is 32.2 Å². The smallest absolute Gasteiger partial charge is 0.392 e. The summed E-state index contributed by atoms with van der Waals surface area (Å²) in [4.78, 5) is 20.7. The second kappa shape index (κ2) is 11.7. The molecule has 38 heavy (non-hydrogen) atoms. The highest BCUT2D eigenvalue weighted by molar-refractivity contribution is 8.13. The molecule has 2 aromatic rings. The van der Waals surface area contributed by atoms with Crippen molar-refractivity contribution in [3.05, 3.63) is 47.4 Å². The molecule has 1 aromatic heterocycles. The molecule has 0 fully saturated rings. The summed E-state index contributed by atoms with van der Waals surface area (Å²) in [6, 6.07) is 3.62. The molecule has 1 unspecified atom stereocenters. The molecule has 0 bridgehead atoms. The van der Waals surface area contributed by atoms with Crippen molar-refractivity contribution in [2.75, 3.05) is 24.5 Å². The summed E-state index contributed by atoms with van der Waals surface area (Å²) in [5.41, 5.74) is 0.271. The number of aliphatic hydroxyl groups excluding tert-OH is 1. The third-order valence-corrected chi connectivity index (χ3v) is 5.56. The van der Waals surface area contributed by atoms with Gasteiger partial charge in [0.2, 0.25) is 0 Å². The van der Waals surface area contributed by atoms with Crippen LogP contribution in [0.4, 0.5) is 46.6 Å². The number of benzene rings is 1. The lowest BCUT2D eigenvalue weighted by Gasteiger charge is -2.28. The Hall–Kier alpha value is -3.22. The lowest BCUT2D eigenvalue weighted by Crippen LogP contribution is -2.50. The quantitative estimate of drug-likeness (QED) is 0.0744. The van der Waals surface area contributed by atoms with Gasteiger partial charge in [-0.15, -0.1) is 0 Å². The van der Waals surface area contributed by atoms with Crippen LogP contribution in [0.15, 0.2) is 35.4 Å². The van der Waals surface area contributed by atoms with E-state index in [-0.39, 0.29) is 40.1 Å². The van der Waals surface area contributed by atoms with Crippen molar-refractivity contribution in [3.8, 4) is 0 Å². The van der Waals surface area contributed by atoms with Gasteiger partial charge in [0, 0.05) is 16.7 Å². The minimum Gasteiger partial charge on any atom is -0.392 e. The van der Waals surface area contributed by atoms with Crippen LogP contribution in [0.5, 0.6) is 0 Å². The Bertz CT molecular complexity index is 1180. The fourth-order valence-electron chi connectivity index (χ4n) is 2.74. The van der Waals surface area contributed by atoms with Crippen LogP contribution in [0.2, 0.25) is 0 Å². The predicted molar refractivity (Wildman–Crippen MR) is 120 cm³/mol. The number of anilines is 2. The number of pyridine rings is 1. The van der Waals surface area contributed by atoms with Crippen LogP contribution >= 0.6 is 11.8 Å². The molecule has 0 aliphatic rings. The molecule has 2 rings (SSSR count). The molecule has 0 radical (unpaired) electrons. The molecule has 0 spiro atoms. The molecule has 9 nitrogen and oxygen atoms in total. The number of halogens is 8. The van der Waals surface area contributed by atoms with Crippen molar-refractivity contribution in [1.82, 2.24) is 9.99 Å². The topological polar surface area (TPSA) is 137 Å². The van der Waals surface area contributed by atoms with Crippen molar-refractivity contribution < 1.29 is 49.9 Å². The first-order valence-corrected chi connectivity index (χ1v) is 10.9. The summed E-state index contributed by atoms with van der Waals surface area (Å²) >= 11 is 0.642. The molecule has 0 aliphatic carbocycles. The molecule has 1 aromatic carbocycles. The highest BCUT2D eigenvalue weighted by Crippen LogP contribution is 2.51. The number of hydrazine groups is 1. The summed E-state index contributed by atoms with van der Waals surface area (Å²) in [6.45, 7) is 1.27.